The highest BCUT2D eigenvalue weighted by Crippen LogP contribution is 2.33. The zero-order chi connectivity index (χ0) is 17.1. The van der Waals surface area contributed by atoms with Gasteiger partial charge < -0.3 is 14.8 Å². The molecule has 2 aromatic heterocycles. The molecule has 24 heavy (non-hydrogen) atoms. The lowest BCUT2D eigenvalue weighted by Gasteiger charge is -2.31. The minimum absolute atomic E-state index is 0.122. The third-order valence-corrected chi connectivity index (χ3v) is 4.69. The molecule has 0 radical (unpaired) electrons. The Morgan fingerprint density at radius 3 is 2.96 bits per heavy atom. The van der Waals surface area contributed by atoms with Gasteiger partial charge >= 0.3 is 0 Å². The van der Waals surface area contributed by atoms with Crippen molar-refractivity contribution in [1.29, 1.82) is 0 Å². The summed E-state index contributed by atoms with van der Waals surface area (Å²) in [6.45, 7) is 4.49. The molecule has 7 nitrogen and oxygen atoms in total. The first-order valence-electron chi connectivity index (χ1n) is 8.47. The number of hydrogen-bond acceptors (Lipinski definition) is 5. The normalized spacial score (nSPS) is 21.2. The van der Waals surface area contributed by atoms with Crippen LogP contribution in [-0.2, 0) is 25.4 Å². The van der Waals surface area contributed by atoms with Crippen molar-refractivity contribution < 1.29 is 9.47 Å². The number of aryl methyl sites for hydroxylation is 3. The van der Waals surface area contributed by atoms with E-state index in [1.807, 2.05) is 31.9 Å². The zero-order valence-corrected chi connectivity index (χ0v) is 15.0. The molecule has 1 fully saturated rings. The second-order valence-electron chi connectivity index (χ2n) is 6.47. The number of rotatable bonds is 6. The molecule has 1 aliphatic heterocycles. The monoisotopic (exact) mass is 333 g/mol. The van der Waals surface area contributed by atoms with Crippen LogP contribution in [0.4, 0.5) is 0 Å². The van der Waals surface area contributed by atoms with E-state index >= 15 is 0 Å². The van der Waals surface area contributed by atoms with Crippen LogP contribution in [0.15, 0.2) is 12.4 Å². The second kappa shape index (κ2) is 7.36. The van der Waals surface area contributed by atoms with Gasteiger partial charge in [-0.1, -0.05) is 0 Å². The summed E-state index contributed by atoms with van der Waals surface area (Å²) in [5.41, 5.74) is 3.29. The molecule has 0 saturated carbocycles. The van der Waals surface area contributed by atoms with Crippen LogP contribution in [0.5, 0.6) is 5.88 Å². The molecule has 0 aliphatic carbocycles. The van der Waals surface area contributed by atoms with E-state index in [2.05, 4.69) is 21.7 Å². The summed E-state index contributed by atoms with van der Waals surface area (Å²) in [6.07, 6.45) is 6.36. The first-order valence-corrected chi connectivity index (χ1v) is 8.47. The summed E-state index contributed by atoms with van der Waals surface area (Å²) < 4.78 is 15.1. The predicted octanol–water partition coefficient (Wildman–Crippen LogP) is 1.73. The Balaban J connectivity index is 1.62. The van der Waals surface area contributed by atoms with Gasteiger partial charge in [-0.25, -0.2) is 4.68 Å². The molecule has 7 heteroatoms. The molecule has 3 rings (SSSR count). The third kappa shape index (κ3) is 3.47. The molecule has 1 aliphatic rings. The average molecular weight is 333 g/mol. The van der Waals surface area contributed by atoms with Gasteiger partial charge in [0.15, 0.2) is 0 Å². The quantitative estimate of drug-likeness (QED) is 0.872. The number of ether oxygens (including phenoxy) is 2. The van der Waals surface area contributed by atoms with Crippen LogP contribution in [0.3, 0.4) is 0 Å². The van der Waals surface area contributed by atoms with Crippen molar-refractivity contribution in [1.82, 2.24) is 24.9 Å². The lowest BCUT2D eigenvalue weighted by atomic mass is 9.91. The van der Waals surface area contributed by atoms with Gasteiger partial charge in [-0.15, -0.1) is 0 Å². The van der Waals surface area contributed by atoms with Crippen molar-refractivity contribution in [3.8, 4) is 5.88 Å². The van der Waals surface area contributed by atoms with Crippen molar-refractivity contribution in [2.75, 3.05) is 20.3 Å². The number of nitrogens with one attached hydrogen (secondary N) is 1. The lowest BCUT2D eigenvalue weighted by molar-refractivity contribution is -0.0279. The van der Waals surface area contributed by atoms with Crippen LogP contribution in [0.1, 0.15) is 35.8 Å². The molecule has 2 aromatic rings. The third-order valence-electron chi connectivity index (χ3n) is 4.69. The maximum absolute atomic E-state index is 6.03. The minimum atomic E-state index is 0.122. The Morgan fingerprint density at radius 1 is 1.42 bits per heavy atom. The van der Waals surface area contributed by atoms with Crippen molar-refractivity contribution in [3.63, 3.8) is 0 Å². The number of methoxy groups -OCH3 is 1. The summed E-state index contributed by atoms with van der Waals surface area (Å²) in [4.78, 5) is 0. The summed E-state index contributed by atoms with van der Waals surface area (Å²) >= 11 is 0. The Hall–Kier alpha value is -1.86. The van der Waals surface area contributed by atoms with Crippen molar-refractivity contribution >= 4 is 0 Å². The number of hydrogen-bond donors (Lipinski definition) is 1. The van der Waals surface area contributed by atoms with Gasteiger partial charge in [0.05, 0.1) is 30.7 Å². The molecule has 0 amide bonds. The zero-order valence-electron chi connectivity index (χ0n) is 15.0. The summed E-state index contributed by atoms with van der Waals surface area (Å²) in [5.74, 6) is 1.27. The number of aromatic nitrogens is 4. The summed E-state index contributed by atoms with van der Waals surface area (Å²) in [7, 11) is 5.53. The SMILES string of the molecule is COc1c(CNC[C@@H]2CCCO[C@H]2c2cnn(C)c2)c(C)nn1C. The van der Waals surface area contributed by atoms with E-state index in [-0.39, 0.29) is 6.10 Å². The van der Waals surface area contributed by atoms with Gasteiger partial charge in [-0.05, 0) is 19.8 Å². The van der Waals surface area contributed by atoms with Crippen molar-refractivity contribution in [2.24, 2.45) is 20.0 Å². The largest absolute Gasteiger partial charge is 0.481 e. The summed E-state index contributed by atoms with van der Waals surface area (Å²) in [5, 5.41) is 12.3. The number of nitrogens with zero attached hydrogens (tertiary/aromatic N) is 4. The Labute approximate surface area is 142 Å². The highest BCUT2D eigenvalue weighted by molar-refractivity contribution is 5.30. The fourth-order valence-electron chi connectivity index (χ4n) is 3.53. The van der Waals surface area contributed by atoms with Crippen molar-refractivity contribution in [3.05, 3.63) is 29.2 Å². The topological polar surface area (TPSA) is 66.1 Å². The molecule has 1 N–H and O–H groups in total. The predicted molar refractivity (Wildman–Crippen MR) is 90.8 cm³/mol. The van der Waals surface area contributed by atoms with E-state index in [4.69, 9.17) is 9.47 Å². The fourth-order valence-corrected chi connectivity index (χ4v) is 3.53. The smallest absolute Gasteiger partial charge is 0.216 e. The van der Waals surface area contributed by atoms with Gasteiger partial charge in [0.25, 0.3) is 0 Å². The van der Waals surface area contributed by atoms with Crippen molar-refractivity contribution in [2.45, 2.75) is 32.4 Å². The van der Waals surface area contributed by atoms with Crippen LogP contribution in [0.25, 0.3) is 0 Å². The molecule has 132 valence electrons. The molecule has 3 heterocycles. The van der Waals surface area contributed by atoms with E-state index in [9.17, 15) is 0 Å². The molecule has 0 spiro atoms. The molecule has 0 bridgehead atoms. The first-order chi connectivity index (χ1) is 11.6. The van der Waals surface area contributed by atoms with Crippen LogP contribution in [0.2, 0.25) is 0 Å². The molecule has 1 saturated heterocycles. The fraction of sp³-hybridized carbons (Fsp3) is 0.647. The maximum Gasteiger partial charge on any atom is 0.216 e. The van der Waals surface area contributed by atoms with E-state index < -0.39 is 0 Å². The van der Waals surface area contributed by atoms with Gasteiger partial charge in [-0.2, -0.15) is 10.2 Å². The maximum atomic E-state index is 6.03. The van der Waals surface area contributed by atoms with Gasteiger partial charge in [-0.3, -0.25) is 4.68 Å². The average Bonchev–Trinajstić information content (AvgIpc) is 3.11. The minimum Gasteiger partial charge on any atom is -0.481 e. The first kappa shape index (κ1) is 17.0. The summed E-state index contributed by atoms with van der Waals surface area (Å²) in [6, 6.07) is 0. The highest BCUT2D eigenvalue weighted by atomic mass is 16.5. The second-order valence-corrected chi connectivity index (χ2v) is 6.47. The van der Waals surface area contributed by atoms with E-state index in [1.165, 1.54) is 5.56 Å². The Kier molecular flexibility index (Phi) is 5.20. The Morgan fingerprint density at radius 2 is 2.25 bits per heavy atom. The molecular weight excluding hydrogens is 306 g/mol. The van der Waals surface area contributed by atoms with Gasteiger partial charge in [0.1, 0.15) is 0 Å². The molecule has 0 unspecified atom stereocenters. The molecular formula is C17H27N5O2. The van der Waals surface area contributed by atoms with Gasteiger partial charge in [0.2, 0.25) is 5.88 Å². The van der Waals surface area contributed by atoms with Crippen LogP contribution in [0, 0.1) is 12.8 Å². The molecule has 0 aromatic carbocycles. The lowest BCUT2D eigenvalue weighted by Crippen LogP contribution is -2.31. The van der Waals surface area contributed by atoms with E-state index in [0.29, 0.717) is 5.92 Å². The van der Waals surface area contributed by atoms with Crippen LogP contribution < -0.4 is 10.1 Å². The molecule has 2 atom stereocenters. The van der Waals surface area contributed by atoms with E-state index in [0.717, 1.165) is 49.7 Å². The van der Waals surface area contributed by atoms with E-state index in [1.54, 1.807) is 11.8 Å². The van der Waals surface area contributed by atoms with Crippen LogP contribution >= 0.6 is 0 Å². The van der Waals surface area contributed by atoms with Gasteiger partial charge in [0, 0.05) is 51.5 Å². The van der Waals surface area contributed by atoms with Crippen LogP contribution in [-0.4, -0.2) is 39.8 Å². The highest BCUT2D eigenvalue weighted by Gasteiger charge is 2.28. The standard InChI is InChI=1S/C17H27N5O2/c1-12-15(17(23-4)22(3)20-12)10-18-8-13-6-5-7-24-16(13)14-9-19-21(2)11-14/h9,11,13,16,18H,5-8,10H2,1-4H3/t13-,16+/m0/s1. The Bertz CT molecular complexity index is 679.